The molecule has 0 aliphatic rings. The molecule has 0 saturated heterocycles. The molecule has 0 aliphatic heterocycles. The first-order valence-electron chi connectivity index (χ1n) is 4.57. The molecule has 0 saturated carbocycles. The van der Waals surface area contributed by atoms with E-state index in [0.717, 1.165) is 10.8 Å². The number of benzene rings is 2. The van der Waals surface area contributed by atoms with Crippen LogP contribution in [0, 0.1) is 0 Å². The summed E-state index contributed by atoms with van der Waals surface area (Å²) in [5.74, 6) is -0.884. The summed E-state index contributed by atoms with van der Waals surface area (Å²) in [5, 5.41) is 10.8. The molecule has 0 atom stereocenters. The van der Waals surface area contributed by atoms with Gasteiger partial charge in [-0.15, -0.1) is 0 Å². The third kappa shape index (κ3) is 2.54. The first-order valence-corrected chi connectivity index (χ1v) is 4.57. The van der Waals surface area contributed by atoms with Gasteiger partial charge in [0.2, 0.25) is 0 Å². The van der Waals surface area contributed by atoms with Gasteiger partial charge in [-0.3, -0.25) is 0 Å². The molecule has 0 amide bonds. The Balaban J connectivity index is 0.000000531. The summed E-state index contributed by atoms with van der Waals surface area (Å²) in [7, 11) is 1.50. The van der Waals surface area contributed by atoms with Crippen molar-refractivity contribution in [2.24, 2.45) is 5.73 Å². The molecule has 3 heteroatoms. The summed E-state index contributed by atoms with van der Waals surface area (Å²) >= 11 is 0. The zero-order chi connectivity index (χ0) is 11.3. The smallest absolute Gasteiger partial charge is 0.335 e. The second kappa shape index (κ2) is 5.12. The molecule has 2 aromatic carbocycles. The molecular formula is C12H13NO2. The van der Waals surface area contributed by atoms with Crippen molar-refractivity contribution in [1.29, 1.82) is 0 Å². The van der Waals surface area contributed by atoms with Gasteiger partial charge in [0.1, 0.15) is 0 Å². The number of hydrogen-bond donors (Lipinski definition) is 2. The van der Waals surface area contributed by atoms with Gasteiger partial charge in [-0.2, -0.15) is 0 Å². The maximum atomic E-state index is 10.6. The van der Waals surface area contributed by atoms with Gasteiger partial charge in [0.25, 0.3) is 0 Å². The number of carboxylic acids is 1. The van der Waals surface area contributed by atoms with Gasteiger partial charge in [0.05, 0.1) is 5.56 Å². The van der Waals surface area contributed by atoms with Crippen LogP contribution in [0.4, 0.5) is 0 Å². The monoisotopic (exact) mass is 203 g/mol. The van der Waals surface area contributed by atoms with E-state index in [1.54, 1.807) is 12.1 Å². The highest BCUT2D eigenvalue weighted by atomic mass is 16.4. The second-order valence-electron chi connectivity index (χ2n) is 2.87. The van der Waals surface area contributed by atoms with Crippen molar-refractivity contribution in [2.75, 3.05) is 7.05 Å². The Morgan fingerprint density at radius 2 is 1.67 bits per heavy atom. The fourth-order valence-electron chi connectivity index (χ4n) is 1.32. The van der Waals surface area contributed by atoms with Gasteiger partial charge in [-0.1, -0.05) is 30.3 Å². The molecule has 3 nitrogen and oxygen atoms in total. The van der Waals surface area contributed by atoms with Crippen LogP contribution in [-0.4, -0.2) is 18.1 Å². The molecule has 0 spiro atoms. The topological polar surface area (TPSA) is 63.3 Å². The quantitative estimate of drug-likeness (QED) is 0.746. The van der Waals surface area contributed by atoms with Crippen LogP contribution in [0.5, 0.6) is 0 Å². The van der Waals surface area contributed by atoms with Crippen molar-refractivity contribution in [1.82, 2.24) is 0 Å². The zero-order valence-corrected chi connectivity index (χ0v) is 8.47. The first-order chi connectivity index (χ1) is 7.27. The first kappa shape index (κ1) is 11.2. The molecule has 3 N–H and O–H groups in total. The fourth-order valence-corrected chi connectivity index (χ4v) is 1.32. The third-order valence-corrected chi connectivity index (χ3v) is 2.00. The van der Waals surface area contributed by atoms with Crippen LogP contribution in [-0.2, 0) is 0 Å². The molecule has 0 fully saturated rings. The number of hydrogen-bond acceptors (Lipinski definition) is 2. The van der Waals surface area contributed by atoms with Crippen molar-refractivity contribution in [3.05, 3.63) is 48.0 Å². The van der Waals surface area contributed by atoms with Gasteiger partial charge in [0, 0.05) is 0 Å². The van der Waals surface area contributed by atoms with Crippen molar-refractivity contribution in [3.63, 3.8) is 0 Å². The lowest BCUT2D eigenvalue weighted by molar-refractivity contribution is 0.0697. The van der Waals surface area contributed by atoms with Crippen LogP contribution in [0.2, 0.25) is 0 Å². The zero-order valence-electron chi connectivity index (χ0n) is 8.47. The molecule has 0 bridgehead atoms. The summed E-state index contributed by atoms with van der Waals surface area (Å²) in [5.41, 5.74) is 4.83. The van der Waals surface area contributed by atoms with Gasteiger partial charge in [0.15, 0.2) is 0 Å². The summed E-state index contributed by atoms with van der Waals surface area (Å²) in [4.78, 5) is 10.6. The van der Waals surface area contributed by atoms with Crippen LogP contribution in [0.15, 0.2) is 42.5 Å². The predicted octanol–water partition coefficient (Wildman–Crippen LogP) is 2.11. The van der Waals surface area contributed by atoms with Crippen LogP contribution in [0.25, 0.3) is 10.8 Å². The Hall–Kier alpha value is -1.87. The van der Waals surface area contributed by atoms with E-state index in [-0.39, 0.29) is 0 Å². The summed E-state index contributed by atoms with van der Waals surface area (Å²) in [6.07, 6.45) is 0. The van der Waals surface area contributed by atoms with E-state index in [4.69, 9.17) is 5.11 Å². The van der Waals surface area contributed by atoms with Gasteiger partial charge in [-0.25, -0.2) is 4.79 Å². The molecule has 78 valence electrons. The van der Waals surface area contributed by atoms with Gasteiger partial charge in [-0.05, 0) is 30.0 Å². The number of aromatic carboxylic acids is 1. The van der Waals surface area contributed by atoms with Crippen molar-refractivity contribution < 1.29 is 9.90 Å². The van der Waals surface area contributed by atoms with E-state index in [2.05, 4.69) is 5.73 Å². The van der Waals surface area contributed by atoms with Crippen molar-refractivity contribution in [3.8, 4) is 0 Å². The summed E-state index contributed by atoms with van der Waals surface area (Å²) in [6, 6.07) is 12.8. The Bertz CT molecular complexity index is 466. The molecule has 0 heterocycles. The third-order valence-electron chi connectivity index (χ3n) is 2.00. The average Bonchev–Trinajstić information content (AvgIpc) is 2.31. The number of carbonyl (C=O) groups is 1. The van der Waals surface area contributed by atoms with Gasteiger partial charge >= 0.3 is 5.97 Å². The van der Waals surface area contributed by atoms with Crippen molar-refractivity contribution in [2.45, 2.75) is 0 Å². The Morgan fingerprint density at radius 1 is 1.07 bits per heavy atom. The van der Waals surface area contributed by atoms with Crippen LogP contribution in [0.1, 0.15) is 10.4 Å². The summed E-state index contributed by atoms with van der Waals surface area (Å²) in [6.45, 7) is 0. The van der Waals surface area contributed by atoms with E-state index in [1.807, 2.05) is 30.3 Å². The minimum absolute atomic E-state index is 0.332. The van der Waals surface area contributed by atoms with Crippen LogP contribution in [0.3, 0.4) is 0 Å². The lowest BCUT2D eigenvalue weighted by Gasteiger charge is -1.98. The maximum absolute atomic E-state index is 10.6. The molecule has 0 radical (unpaired) electrons. The molecular weight excluding hydrogens is 190 g/mol. The average molecular weight is 203 g/mol. The number of carboxylic acid groups (broad SMARTS) is 1. The highest BCUT2D eigenvalue weighted by Gasteiger charge is 2.01. The molecule has 2 rings (SSSR count). The minimum Gasteiger partial charge on any atom is -0.478 e. The molecule has 0 aliphatic carbocycles. The summed E-state index contributed by atoms with van der Waals surface area (Å²) < 4.78 is 0. The molecule has 0 unspecified atom stereocenters. The predicted molar refractivity (Wildman–Crippen MR) is 61.0 cm³/mol. The maximum Gasteiger partial charge on any atom is 0.335 e. The highest BCUT2D eigenvalue weighted by Crippen LogP contribution is 2.15. The Morgan fingerprint density at radius 3 is 2.27 bits per heavy atom. The van der Waals surface area contributed by atoms with E-state index in [0.29, 0.717) is 5.56 Å². The van der Waals surface area contributed by atoms with E-state index >= 15 is 0 Å². The lowest BCUT2D eigenvalue weighted by Crippen LogP contribution is -1.94. The molecule has 15 heavy (non-hydrogen) atoms. The number of rotatable bonds is 1. The Labute approximate surface area is 88.1 Å². The normalized spacial score (nSPS) is 9.20. The number of nitrogens with two attached hydrogens (primary N) is 1. The van der Waals surface area contributed by atoms with E-state index < -0.39 is 5.97 Å². The number of fused-ring (bicyclic) bond motifs is 1. The minimum atomic E-state index is -0.884. The molecule has 2 aromatic rings. The Kier molecular flexibility index (Phi) is 3.83. The van der Waals surface area contributed by atoms with E-state index in [1.165, 1.54) is 7.05 Å². The standard InChI is InChI=1S/C11H8O2.CH5N/c12-11(13)10-6-5-8-3-1-2-4-9(8)7-10;1-2/h1-7H,(H,12,13);2H2,1H3. The van der Waals surface area contributed by atoms with Crippen molar-refractivity contribution >= 4 is 16.7 Å². The largest absolute Gasteiger partial charge is 0.478 e. The SMILES string of the molecule is CN.O=C(O)c1ccc2ccccc2c1. The van der Waals surface area contributed by atoms with Crippen LogP contribution >= 0.6 is 0 Å². The highest BCUT2D eigenvalue weighted by molar-refractivity contribution is 5.94. The van der Waals surface area contributed by atoms with E-state index in [9.17, 15) is 4.79 Å². The van der Waals surface area contributed by atoms with Crippen LogP contribution < -0.4 is 5.73 Å². The van der Waals surface area contributed by atoms with Gasteiger partial charge < -0.3 is 10.8 Å². The second-order valence-corrected chi connectivity index (χ2v) is 2.87. The lowest BCUT2D eigenvalue weighted by atomic mass is 10.1. The fraction of sp³-hybridized carbons (Fsp3) is 0.0833. The molecule has 0 aromatic heterocycles.